The van der Waals surface area contributed by atoms with Crippen LogP contribution in [0.3, 0.4) is 0 Å². The molecule has 0 aromatic heterocycles. The van der Waals surface area contributed by atoms with Crippen LogP contribution in [0.25, 0.3) is 0 Å². The van der Waals surface area contributed by atoms with E-state index in [4.69, 9.17) is 11.1 Å². The highest BCUT2D eigenvalue weighted by atomic mass is 16.3. The third-order valence-electron chi connectivity index (χ3n) is 3.91. The second-order valence-electron chi connectivity index (χ2n) is 5.06. The molecule has 2 atom stereocenters. The summed E-state index contributed by atoms with van der Waals surface area (Å²) >= 11 is 0. The van der Waals surface area contributed by atoms with E-state index in [-0.39, 0.29) is 5.84 Å². The molecule has 1 saturated carbocycles. The van der Waals surface area contributed by atoms with Crippen LogP contribution in [0.1, 0.15) is 32.1 Å². The van der Waals surface area contributed by atoms with E-state index in [0.717, 1.165) is 32.4 Å². The molecule has 0 amide bonds. The van der Waals surface area contributed by atoms with Gasteiger partial charge in [-0.2, -0.15) is 0 Å². The van der Waals surface area contributed by atoms with E-state index >= 15 is 0 Å². The maximum absolute atomic E-state index is 10.4. The van der Waals surface area contributed by atoms with Crippen molar-refractivity contribution in [3.05, 3.63) is 0 Å². The summed E-state index contributed by atoms with van der Waals surface area (Å²) in [5.41, 5.74) is 4.99. The molecule has 2 aliphatic rings. The molecule has 4 heteroatoms. The number of piperidine rings is 1. The Hall–Kier alpha value is -0.610. The molecule has 0 bridgehead atoms. The molecule has 15 heavy (non-hydrogen) atoms. The minimum Gasteiger partial charge on any atom is -0.390 e. The summed E-state index contributed by atoms with van der Waals surface area (Å²) in [6, 6.07) is 0. The van der Waals surface area contributed by atoms with Gasteiger partial charge in [0.05, 0.1) is 12.1 Å². The summed E-state index contributed by atoms with van der Waals surface area (Å²) in [6.07, 6.45) is 5.35. The van der Waals surface area contributed by atoms with E-state index in [1.807, 2.05) is 0 Å². The quantitative estimate of drug-likeness (QED) is 0.461. The Morgan fingerprint density at radius 2 is 2.27 bits per heavy atom. The SMILES string of the molecule is N=C(N)CN1CCC2(O)CCCCC2C1. The average Bonchev–Trinajstić information content (AvgIpc) is 2.17. The lowest BCUT2D eigenvalue weighted by Crippen LogP contribution is -2.54. The van der Waals surface area contributed by atoms with Crippen molar-refractivity contribution in [2.24, 2.45) is 11.7 Å². The monoisotopic (exact) mass is 211 g/mol. The molecule has 2 rings (SSSR count). The Balaban J connectivity index is 1.95. The van der Waals surface area contributed by atoms with Gasteiger partial charge in [0.2, 0.25) is 0 Å². The molecule has 4 nitrogen and oxygen atoms in total. The second kappa shape index (κ2) is 4.10. The molecule has 1 aliphatic heterocycles. The van der Waals surface area contributed by atoms with Gasteiger partial charge in [-0.25, -0.2) is 0 Å². The zero-order valence-corrected chi connectivity index (χ0v) is 9.21. The third-order valence-corrected chi connectivity index (χ3v) is 3.91. The van der Waals surface area contributed by atoms with Gasteiger partial charge in [-0.1, -0.05) is 12.8 Å². The van der Waals surface area contributed by atoms with Gasteiger partial charge in [-0.15, -0.1) is 0 Å². The smallest absolute Gasteiger partial charge is 0.105 e. The van der Waals surface area contributed by atoms with Gasteiger partial charge in [-0.05, 0) is 19.3 Å². The summed E-state index contributed by atoms with van der Waals surface area (Å²) < 4.78 is 0. The number of hydrogen-bond donors (Lipinski definition) is 3. The lowest BCUT2D eigenvalue weighted by atomic mass is 9.71. The van der Waals surface area contributed by atoms with E-state index in [0.29, 0.717) is 12.5 Å². The minimum atomic E-state index is -0.411. The highest BCUT2D eigenvalue weighted by Crippen LogP contribution is 2.39. The largest absolute Gasteiger partial charge is 0.390 e. The van der Waals surface area contributed by atoms with E-state index in [9.17, 15) is 5.11 Å². The average molecular weight is 211 g/mol. The van der Waals surface area contributed by atoms with Crippen molar-refractivity contribution < 1.29 is 5.11 Å². The first kappa shape index (κ1) is 10.9. The first-order valence-electron chi connectivity index (χ1n) is 5.88. The van der Waals surface area contributed by atoms with Crippen LogP contribution in [0.15, 0.2) is 0 Å². The standard InChI is InChI=1S/C11H21N3O/c12-10(13)8-14-6-5-11(15)4-2-1-3-9(11)7-14/h9,15H,1-8H2,(H3,12,13). The zero-order valence-electron chi connectivity index (χ0n) is 9.21. The number of likely N-dealkylation sites (tertiary alicyclic amines) is 1. The highest BCUT2D eigenvalue weighted by molar-refractivity contribution is 5.78. The molecule has 2 unspecified atom stereocenters. The Labute approximate surface area is 91.0 Å². The van der Waals surface area contributed by atoms with E-state index in [2.05, 4.69) is 4.90 Å². The van der Waals surface area contributed by atoms with Crippen molar-refractivity contribution in [1.29, 1.82) is 5.41 Å². The number of aliphatic hydroxyl groups is 1. The Bertz CT molecular complexity index is 256. The molecule has 0 aromatic carbocycles. The number of nitrogens with two attached hydrogens (primary N) is 1. The van der Waals surface area contributed by atoms with Crippen LogP contribution in [-0.2, 0) is 0 Å². The van der Waals surface area contributed by atoms with Crippen LogP contribution < -0.4 is 5.73 Å². The first-order chi connectivity index (χ1) is 7.10. The molecule has 2 fully saturated rings. The fraction of sp³-hybridized carbons (Fsp3) is 0.909. The predicted molar refractivity (Wildman–Crippen MR) is 59.9 cm³/mol. The maximum Gasteiger partial charge on any atom is 0.105 e. The third kappa shape index (κ3) is 2.32. The van der Waals surface area contributed by atoms with Crippen molar-refractivity contribution in [2.45, 2.75) is 37.7 Å². The number of amidine groups is 1. The lowest BCUT2D eigenvalue weighted by Gasteiger charge is -2.47. The summed E-state index contributed by atoms with van der Waals surface area (Å²) in [4.78, 5) is 2.20. The Morgan fingerprint density at radius 1 is 1.47 bits per heavy atom. The fourth-order valence-electron chi connectivity index (χ4n) is 3.02. The van der Waals surface area contributed by atoms with Crippen molar-refractivity contribution in [3.63, 3.8) is 0 Å². The van der Waals surface area contributed by atoms with Gasteiger partial charge in [-0.3, -0.25) is 10.3 Å². The molecule has 0 radical (unpaired) electrons. The molecule has 1 heterocycles. The Kier molecular flexibility index (Phi) is 2.98. The van der Waals surface area contributed by atoms with Crippen LogP contribution >= 0.6 is 0 Å². The van der Waals surface area contributed by atoms with Crippen molar-refractivity contribution in [1.82, 2.24) is 4.90 Å². The van der Waals surface area contributed by atoms with E-state index in [1.54, 1.807) is 0 Å². The van der Waals surface area contributed by atoms with E-state index in [1.165, 1.54) is 12.8 Å². The van der Waals surface area contributed by atoms with Crippen molar-refractivity contribution >= 4 is 5.84 Å². The molecule has 1 saturated heterocycles. The maximum atomic E-state index is 10.4. The minimum absolute atomic E-state index is 0.233. The van der Waals surface area contributed by atoms with Crippen molar-refractivity contribution in [3.8, 4) is 0 Å². The first-order valence-corrected chi connectivity index (χ1v) is 5.88. The van der Waals surface area contributed by atoms with Gasteiger partial charge < -0.3 is 10.8 Å². The number of hydrogen-bond acceptors (Lipinski definition) is 3. The van der Waals surface area contributed by atoms with Gasteiger partial charge in [0, 0.05) is 19.0 Å². The molecular weight excluding hydrogens is 190 g/mol. The van der Waals surface area contributed by atoms with Crippen LogP contribution in [0, 0.1) is 11.3 Å². The summed E-state index contributed by atoms with van der Waals surface area (Å²) in [7, 11) is 0. The summed E-state index contributed by atoms with van der Waals surface area (Å²) in [6.45, 7) is 2.36. The predicted octanol–water partition coefficient (Wildman–Crippen LogP) is 0.549. The summed E-state index contributed by atoms with van der Waals surface area (Å²) in [5.74, 6) is 0.635. The number of nitrogens with one attached hydrogen (secondary N) is 1. The zero-order chi connectivity index (χ0) is 10.9. The summed E-state index contributed by atoms with van der Waals surface area (Å²) in [5, 5.41) is 17.7. The topological polar surface area (TPSA) is 73.3 Å². The fourth-order valence-corrected chi connectivity index (χ4v) is 3.02. The van der Waals surface area contributed by atoms with Gasteiger partial charge in [0.15, 0.2) is 0 Å². The number of nitrogens with zero attached hydrogens (tertiary/aromatic N) is 1. The molecule has 0 aromatic rings. The molecule has 86 valence electrons. The Morgan fingerprint density at radius 3 is 3.00 bits per heavy atom. The van der Waals surface area contributed by atoms with Crippen molar-refractivity contribution in [2.75, 3.05) is 19.6 Å². The molecule has 4 N–H and O–H groups in total. The van der Waals surface area contributed by atoms with E-state index < -0.39 is 5.60 Å². The molecule has 1 aliphatic carbocycles. The molecule has 0 spiro atoms. The van der Waals surface area contributed by atoms with Crippen LogP contribution in [0.5, 0.6) is 0 Å². The van der Waals surface area contributed by atoms with Gasteiger partial charge in [0.25, 0.3) is 0 Å². The van der Waals surface area contributed by atoms with Crippen LogP contribution in [0.2, 0.25) is 0 Å². The number of fused-ring (bicyclic) bond motifs is 1. The van der Waals surface area contributed by atoms with Crippen LogP contribution in [0.4, 0.5) is 0 Å². The highest BCUT2D eigenvalue weighted by Gasteiger charge is 2.42. The number of rotatable bonds is 2. The van der Waals surface area contributed by atoms with Gasteiger partial charge in [0.1, 0.15) is 5.84 Å². The van der Waals surface area contributed by atoms with Gasteiger partial charge >= 0.3 is 0 Å². The lowest BCUT2D eigenvalue weighted by molar-refractivity contribution is -0.0928. The van der Waals surface area contributed by atoms with Crippen LogP contribution in [-0.4, -0.2) is 41.1 Å². The molecular formula is C11H21N3O. The second-order valence-corrected chi connectivity index (χ2v) is 5.06. The normalized spacial score (nSPS) is 37.3.